The molecule has 112 valence electrons. The molecule has 0 aromatic heterocycles. The van der Waals surface area contributed by atoms with E-state index in [9.17, 15) is 4.79 Å². The molecule has 0 aliphatic heterocycles. The molecule has 0 bridgehead atoms. The first-order chi connectivity index (χ1) is 9.54. The number of hydrogen-bond donors (Lipinski definition) is 2. The Labute approximate surface area is 120 Å². The van der Waals surface area contributed by atoms with Crippen LogP contribution in [0, 0.1) is 5.92 Å². The normalized spacial score (nSPS) is 13.4. The Balaban J connectivity index is 2.73. The first kappa shape index (κ1) is 16.3. The molecule has 0 saturated heterocycles. The van der Waals surface area contributed by atoms with Crippen LogP contribution in [0.1, 0.15) is 25.8 Å². The maximum atomic E-state index is 12.0. The highest BCUT2D eigenvalue weighted by Crippen LogP contribution is 2.30. The van der Waals surface area contributed by atoms with Crippen LogP contribution in [-0.4, -0.2) is 26.2 Å². The lowest BCUT2D eigenvalue weighted by Crippen LogP contribution is -2.44. The van der Waals surface area contributed by atoms with Crippen LogP contribution in [0.4, 0.5) is 0 Å². The maximum absolute atomic E-state index is 12.0. The van der Waals surface area contributed by atoms with Crippen LogP contribution >= 0.6 is 0 Å². The Morgan fingerprint density at radius 2 is 2.05 bits per heavy atom. The SMILES string of the molecule is CCC(C)C(N)C(=O)NCc1cccc(OC)c1OC. The number of hydrogen-bond acceptors (Lipinski definition) is 4. The van der Waals surface area contributed by atoms with E-state index in [1.54, 1.807) is 14.2 Å². The maximum Gasteiger partial charge on any atom is 0.237 e. The molecule has 1 amide bonds. The van der Waals surface area contributed by atoms with Crippen molar-refractivity contribution in [2.45, 2.75) is 32.9 Å². The van der Waals surface area contributed by atoms with E-state index in [2.05, 4.69) is 5.32 Å². The number of amides is 1. The van der Waals surface area contributed by atoms with Crippen molar-refractivity contribution in [3.05, 3.63) is 23.8 Å². The largest absolute Gasteiger partial charge is 0.493 e. The fourth-order valence-corrected chi connectivity index (χ4v) is 1.91. The number of carbonyl (C=O) groups is 1. The van der Waals surface area contributed by atoms with Gasteiger partial charge >= 0.3 is 0 Å². The van der Waals surface area contributed by atoms with E-state index in [1.807, 2.05) is 32.0 Å². The van der Waals surface area contributed by atoms with Gasteiger partial charge in [0, 0.05) is 12.1 Å². The van der Waals surface area contributed by atoms with Crippen LogP contribution in [0.2, 0.25) is 0 Å². The lowest BCUT2D eigenvalue weighted by atomic mass is 9.99. The van der Waals surface area contributed by atoms with Crippen LogP contribution in [0.25, 0.3) is 0 Å². The molecule has 0 radical (unpaired) electrons. The summed E-state index contributed by atoms with van der Waals surface area (Å²) in [5.74, 6) is 1.28. The Morgan fingerprint density at radius 1 is 1.35 bits per heavy atom. The molecule has 0 fully saturated rings. The van der Waals surface area contributed by atoms with Gasteiger partial charge in [0.2, 0.25) is 5.91 Å². The monoisotopic (exact) mass is 280 g/mol. The molecular formula is C15H24N2O3. The van der Waals surface area contributed by atoms with Crippen molar-refractivity contribution in [3.63, 3.8) is 0 Å². The van der Waals surface area contributed by atoms with Gasteiger partial charge in [-0.25, -0.2) is 0 Å². The summed E-state index contributed by atoms with van der Waals surface area (Å²) in [5.41, 5.74) is 6.75. The molecule has 0 aliphatic carbocycles. The second-order valence-corrected chi connectivity index (χ2v) is 4.78. The summed E-state index contributed by atoms with van der Waals surface area (Å²) >= 11 is 0. The second kappa shape index (κ2) is 7.75. The zero-order valence-corrected chi connectivity index (χ0v) is 12.6. The van der Waals surface area contributed by atoms with Crippen molar-refractivity contribution in [1.29, 1.82) is 0 Å². The first-order valence-electron chi connectivity index (χ1n) is 6.78. The minimum atomic E-state index is -0.489. The van der Waals surface area contributed by atoms with E-state index >= 15 is 0 Å². The second-order valence-electron chi connectivity index (χ2n) is 4.78. The van der Waals surface area contributed by atoms with Crippen LogP contribution in [0.3, 0.4) is 0 Å². The van der Waals surface area contributed by atoms with Crippen molar-refractivity contribution in [2.75, 3.05) is 14.2 Å². The highest BCUT2D eigenvalue weighted by molar-refractivity contribution is 5.81. The number of ether oxygens (including phenoxy) is 2. The van der Waals surface area contributed by atoms with Gasteiger partial charge in [-0.2, -0.15) is 0 Å². The molecule has 2 unspecified atom stereocenters. The summed E-state index contributed by atoms with van der Waals surface area (Å²) in [5, 5.41) is 2.84. The zero-order chi connectivity index (χ0) is 15.1. The zero-order valence-electron chi connectivity index (χ0n) is 12.6. The van der Waals surface area contributed by atoms with Gasteiger partial charge in [0.25, 0.3) is 0 Å². The smallest absolute Gasteiger partial charge is 0.237 e. The molecule has 0 heterocycles. The predicted molar refractivity (Wildman–Crippen MR) is 78.8 cm³/mol. The number of para-hydroxylation sites is 1. The third-order valence-corrected chi connectivity index (χ3v) is 3.50. The lowest BCUT2D eigenvalue weighted by molar-refractivity contribution is -0.123. The van der Waals surface area contributed by atoms with Gasteiger partial charge in [-0.15, -0.1) is 0 Å². The summed E-state index contributed by atoms with van der Waals surface area (Å²) in [6.45, 7) is 4.35. The Hall–Kier alpha value is -1.75. The molecule has 1 aromatic rings. The topological polar surface area (TPSA) is 73.6 Å². The van der Waals surface area contributed by atoms with E-state index in [4.69, 9.17) is 15.2 Å². The van der Waals surface area contributed by atoms with E-state index in [1.165, 1.54) is 0 Å². The minimum Gasteiger partial charge on any atom is -0.493 e. The summed E-state index contributed by atoms with van der Waals surface area (Å²) in [6, 6.07) is 5.07. The van der Waals surface area contributed by atoms with E-state index < -0.39 is 6.04 Å². The van der Waals surface area contributed by atoms with Gasteiger partial charge < -0.3 is 20.5 Å². The molecule has 0 spiro atoms. The first-order valence-corrected chi connectivity index (χ1v) is 6.78. The molecule has 1 rings (SSSR count). The highest BCUT2D eigenvalue weighted by atomic mass is 16.5. The third kappa shape index (κ3) is 3.87. The number of benzene rings is 1. The Kier molecular flexibility index (Phi) is 6.31. The van der Waals surface area contributed by atoms with Crippen LogP contribution in [-0.2, 0) is 11.3 Å². The predicted octanol–water partition coefficient (Wildman–Crippen LogP) is 1.69. The number of rotatable bonds is 7. The fraction of sp³-hybridized carbons (Fsp3) is 0.533. The average Bonchev–Trinajstić information content (AvgIpc) is 2.50. The van der Waals surface area contributed by atoms with Crippen molar-refractivity contribution in [3.8, 4) is 11.5 Å². The number of nitrogens with one attached hydrogen (secondary N) is 1. The molecule has 2 atom stereocenters. The van der Waals surface area contributed by atoms with Crippen molar-refractivity contribution in [2.24, 2.45) is 11.7 Å². The van der Waals surface area contributed by atoms with Crippen molar-refractivity contribution in [1.82, 2.24) is 5.32 Å². The van der Waals surface area contributed by atoms with Gasteiger partial charge in [0.15, 0.2) is 11.5 Å². The van der Waals surface area contributed by atoms with Gasteiger partial charge in [0.1, 0.15) is 0 Å². The number of methoxy groups -OCH3 is 2. The van der Waals surface area contributed by atoms with Crippen molar-refractivity contribution < 1.29 is 14.3 Å². The van der Waals surface area contributed by atoms with E-state index in [0.29, 0.717) is 18.0 Å². The Bertz CT molecular complexity index is 449. The van der Waals surface area contributed by atoms with Gasteiger partial charge in [-0.3, -0.25) is 4.79 Å². The standard InChI is InChI=1S/C15H24N2O3/c1-5-10(2)13(16)15(18)17-9-11-7-6-8-12(19-3)14(11)20-4/h6-8,10,13H,5,9,16H2,1-4H3,(H,17,18). The number of nitrogens with two attached hydrogens (primary N) is 1. The van der Waals surface area contributed by atoms with Crippen molar-refractivity contribution >= 4 is 5.91 Å². The number of carbonyl (C=O) groups excluding carboxylic acids is 1. The minimum absolute atomic E-state index is 0.149. The highest BCUT2D eigenvalue weighted by Gasteiger charge is 2.19. The molecule has 3 N–H and O–H groups in total. The molecule has 0 aliphatic rings. The molecular weight excluding hydrogens is 256 g/mol. The summed E-state index contributed by atoms with van der Waals surface area (Å²) < 4.78 is 10.5. The fourth-order valence-electron chi connectivity index (χ4n) is 1.91. The summed E-state index contributed by atoms with van der Waals surface area (Å²) in [6.07, 6.45) is 0.872. The third-order valence-electron chi connectivity index (χ3n) is 3.50. The quantitative estimate of drug-likeness (QED) is 0.797. The van der Waals surface area contributed by atoms with E-state index in [0.717, 1.165) is 12.0 Å². The van der Waals surface area contributed by atoms with E-state index in [-0.39, 0.29) is 11.8 Å². The Morgan fingerprint density at radius 3 is 2.60 bits per heavy atom. The van der Waals surface area contributed by atoms with Crippen LogP contribution in [0.5, 0.6) is 11.5 Å². The molecule has 1 aromatic carbocycles. The molecule has 5 nitrogen and oxygen atoms in total. The van der Waals surface area contributed by atoms with Gasteiger partial charge in [-0.05, 0) is 12.0 Å². The molecule has 20 heavy (non-hydrogen) atoms. The lowest BCUT2D eigenvalue weighted by Gasteiger charge is -2.18. The molecule has 5 heteroatoms. The van der Waals surface area contributed by atoms with Gasteiger partial charge in [0.05, 0.1) is 20.3 Å². The average molecular weight is 280 g/mol. The summed E-state index contributed by atoms with van der Waals surface area (Å²) in [4.78, 5) is 12.0. The van der Waals surface area contributed by atoms with Gasteiger partial charge in [-0.1, -0.05) is 32.4 Å². The van der Waals surface area contributed by atoms with Crippen LogP contribution in [0.15, 0.2) is 18.2 Å². The molecule has 0 saturated carbocycles. The summed E-state index contributed by atoms with van der Waals surface area (Å²) in [7, 11) is 3.16. The van der Waals surface area contributed by atoms with Crippen LogP contribution < -0.4 is 20.5 Å².